The van der Waals surface area contributed by atoms with Gasteiger partial charge in [0.2, 0.25) is 0 Å². The SMILES string of the molecule is F[B-](F)(F)c1ccccc1Oc1ccccc1. The number of halogens is 3. The van der Waals surface area contributed by atoms with Gasteiger partial charge in [-0.3, -0.25) is 0 Å². The van der Waals surface area contributed by atoms with E-state index in [2.05, 4.69) is 0 Å². The highest BCUT2D eigenvalue weighted by atomic mass is 19.4. The zero-order valence-electron chi connectivity index (χ0n) is 8.82. The lowest BCUT2D eigenvalue weighted by molar-refractivity contribution is 0.469. The third kappa shape index (κ3) is 2.81. The third-order valence-electron chi connectivity index (χ3n) is 2.24. The summed E-state index contributed by atoms with van der Waals surface area (Å²) in [5.41, 5.74) is -0.712. The van der Waals surface area contributed by atoms with E-state index in [0.29, 0.717) is 5.75 Å². The van der Waals surface area contributed by atoms with Gasteiger partial charge in [0.25, 0.3) is 0 Å². The molecule has 0 N–H and O–H groups in total. The van der Waals surface area contributed by atoms with Gasteiger partial charge in [-0.25, -0.2) is 0 Å². The molecular weight excluding hydrogens is 228 g/mol. The molecule has 0 radical (unpaired) electrons. The summed E-state index contributed by atoms with van der Waals surface area (Å²) in [5.74, 6) is 0.228. The summed E-state index contributed by atoms with van der Waals surface area (Å²) in [6.07, 6.45) is 0. The summed E-state index contributed by atoms with van der Waals surface area (Å²) < 4.78 is 43.4. The van der Waals surface area contributed by atoms with Crippen molar-refractivity contribution in [2.45, 2.75) is 0 Å². The van der Waals surface area contributed by atoms with Crippen molar-refractivity contribution in [1.82, 2.24) is 0 Å². The molecule has 0 fully saturated rings. The average molecular weight is 237 g/mol. The average Bonchev–Trinajstić information content (AvgIpc) is 2.30. The van der Waals surface area contributed by atoms with E-state index in [9.17, 15) is 12.9 Å². The van der Waals surface area contributed by atoms with Crippen LogP contribution in [0.4, 0.5) is 12.9 Å². The number of ether oxygens (including phenoxy) is 1. The molecule has 0 aliphatic rings. The van der Waals surface area contributed by atoms with E-state index in [1.807, 2.05) is 0 Å². The van der Waals surface area contributed by atoms with Crippen molar-refractivity contribution in [2.24, 2.45) is 0 Å². The van der Waals surface area contributed by atoms with Crippen LogP contribution in [0.15, 0.2) is 54.6 Å². The van der Waals surface area contributed by atoms with E-state index in [0.717, 1.165) is 6.07 Å². The van der Waals surface area contributed by atoms with E-state index in [1.165, 1.54) is 18.2 Å². The predicted molar refractivity (Wildman–Crippen MR) is 61.7 cm³/mol. The minimum absolute atomic E-state index is 0.161. The Balaban J connectivity index is 2.34. The standard InChI is InChI=1S/C12H9BF3O/c14-13(15,16)11-8-4-5-9-12(11)17-10-6-2-1-3-7-10/h1-9H/q-1. The molecule has 0 saturated heterocycles. The minimum atomic E-state index is -5.06. The molecule has 0 aromatic heterocycles. The topological polar surface area (TPSA) is 9.23 Å². The number of hydrogen-bond acceptors (Lipinski definition) is 1. The van der Waals surface area contributed by atoms with Crippen molar-refractivity contribution >= 4 is 12.4 Å². The van der Waals surface area contributed by atoms with Crippen LogP contribution in [-0.4, -0.2) is 6.98 Å². The highest BCUT2D eigenvalue weighted by Crippen LogP contribution is 2.23. The molecule has 0 heterocycles. The molecule has 88 valence electrons. The fourth-order valence-corrected chi connectivity index (χ4v) is 1.46. The van der Waals surface area contributed by atoms with Gasteiger partial charge in [0.1, 0.15) is 11.5 Å². The summed E-state index contributed by atoms with van der Waals surface area (Å²) in [6, 6.07) is 13.6. The third-order valence-corrected chi connectivity index (χ3v) is 2.24. The van der Waals surface area contributed by atoms with Crippen molar-refractivity contribution < 1.29 is 17.7 Å². The zero-order valence-corrected chi connectivity index (χ0v) is 8.82. The first kappa shape index (κ1) is 11.6. The lowest BCUT2D eigenvalue weighted by atomic mass is 9.79. The first-order valence-electron chi connectivity index (χ1n) is 5.09. The van der Waals surface area contributed by atoms with Crippen LogP contribution in [0.1, 0.15) is 0 Å². The molecule has 5 heteroatoms. The van der Waals surface area contributed by atoms with Crippen LogP contribution in [0.2, 0.25) is 0 Å². The van der Waals surface area contributed by atoms with Crippen LogP contribution in [0.5, 0.6) is 11.5 Å². The highest BCUT2D eigenvalue weighted by Gasteiger charge is 2.29. The number of benzene rings is 2. The molecule has 0 saturated carbocycles. The fraction of sp³-hybridized carbons (Fsp3) is 0. The monoisotopic (exact) mass is 237 g/mol. The maximum atomic E-state index is 12.7. The summed E-state index contributed by atoms with van der Waals surface area (Å²) in [6.45, 7) is -5.06. The van der Waals surface area contributed by atoms with E-state index in [1.54, 1.807) is 30.3 Å². The molecule has 0 amide bonds. The van der Waals surface area contributed by atoms with Crippen LogP contribution in [-0.2, 0) is 0 Å². The lowest BCUT2D eigenvalue weighted by Crippen LogP contribution is -2.34. The lowest BCUT2D eigenvalue weighted by Gasteiger charge is -2.19. The molecule has 1 nitrogen and oxygen atoms in total. The van der Waals surface area contributed by atoms with Gasteiger partial charge in [-0.2, -0.15) is 0 Å². The van der Waals surface area contributed by atoms with Crippen LogP contribution >= 0.6 is 0 Å². The Hall–Kier alpha value is -1.91. The van der Waals surface area contributed by atoms with Crippen molar-refractivity contribution in [3.8, 4) is 11.5 Å². The van der Waals surface area contributed by atoms with Gasteiger partial charge in [-0.1, -0.05) is 41.9 Å². The van der Waals surface area contributed by atoms with E-state index >= 15 is 0 Å². The van der Waals surface area contributed by atoms with Gasteiger partial charge in [0.15, 0.2) is 0 Å². The predicted octanol–water partition coefficient (Wildman–Crippen LogP) is 3.53. The van der Waals surface area contributed by atoms with Gasteiger partial charge >= 0.3 is 6.98 Å². The summed E-state index contributed by atoms with van der Waals surface area (Å²) >= 11 is 0. The first-order chi connectivity index (χ1) is 8.07. The minimum Gasteiger partial charge on any atom is -0.460 e. The van der Waals surface area contributed by atoms with Crippen LogP contribution < -0.4 is 10.2 Å². The molecule has 0 spiro atoms. The van der Waals surface area contributed by atoms with E-state index in [-0.39, 0.29) is 5.75 Å². The second-order valence-electron chi connectivity index (χ2n) is 3.53. The molecule has 17 heavy (non-hydrogen) atoms. The van der Waals surface area contributed by atoms with Gasteiger partial charge in [-0.15, -0.1) is 0 Å². The zero-order chi connectivity index (χ0) is 12.3. The van der Waals surface area contributed by atoms with E-state index in [4.69, 9.17) is 4.74 Å². The number of para-hydroxylation sites is 2. The number of hydrogen-bond donors (Lipinski definition) is 0. The highest BCUT2D eigenvalue weighted by molar-refractivity contribution is 6.74. The normalized spacial score (nSPS) is 11.2. The molecule has 2 aromatic carbocycles. The van der Waals surface area contributed by atoms with E-state index < -0.39 is 12.4 Å². The molecular formula is C12H9BF3O-. The molecule has 2 aromatic rings. The van der Waals surface area contributed by atoms with Crippen molar-refractivity contribution in [2.75, 3.05) is 0 Å². The van der Waals surface area contributed by atoms with Gasteiger partial charge in [0.05, 0.1) is 0 Å². The van der Waals surface area contributed by atoms with Crippen molar-refractivity contribution in [3.63, 3.8) is 0 Å². The Labute approximate surface area is 96.9 Å². The molecule has 0 unspecified atom stereocenters. The Morgan fingerprint density at radius 1 is 0.765 bits per heavy atom. The summed E-state index contributed by atoms with van der Waals surface area (Å²) in [4.78, 5) is 0. The quantitative estimate of drug-likeness (QED) is 0.742. The Kier molecular flexibility index (Phi) is 3.09. The smallest absolute Gasteiger partial charge is 0.460 e. The second-order valence-corrected chi connectivity index (χ2v) is 3.53. The maximum absolute atomic E-state index is 12.7. The Morgan fingerprint density at radius 3 is 2.00 bits per heavy atom. The van der Waals surface area contributed by atoms with Crippen LogP contribution in [0.3, 0.4) is 0 Å². The molecule has 2 rings (SSSR count). The molecule has 0 bridgehead atoms. The van der Waals surface area contributed by atoms with Crippen molar-refractivity contribution in [1.29, 1.82) is 0 Å². The second kappa shape index (κ2) is 4.53. The number of rotatable bonds is 3. The molecule has 0 atom stereocenters. The Bertz CT molecular complexity index is 497. The van der Waals surface area contributed by atoms with Gasteiger partial charge in [-0.05, 0) is 18.2 Å². The largest absolute Gasteiger partial charge is 0.513 e. The van der Waals surface area contributed by atoms with Gasteiger partial charge < -0.3 is 17.7 Å². The van der Waals surface area contributed by atoms with Crippen LogP contribution in [0.25, 0.3) is 0 Å². The Morgan fingerprint density at radius 2 is 1.35 bits per heavy atom. The summed E-state index contributed by atoms with van der Waals surface area (Å²) in [5, 5.41) is 0. The summed E-state index contributed by atoms with van der Waals surface area (Å²) in [7, 11) is 0. The molecule has 0 aliphatic carbocycles. The van der Waals surface area contributed by atoms with Gasteiger partial charge in [0, 0.05) is 0 Å². The van der Waals surface area contributed by atoms with Crippen LogP contribution in [0, 0.1) is 0 Å². The maximum Gasteiger partial charge on any atom is 0.513 e. The first-order valence-corrected chi connectivity index (χ1v) is 5.09. The molecule has 0 aliphatic heterocycles. The fourth-order valence-electron chi connectivity index (χ4n) is 1.46. The van der Waals surface area contributed by atoms with Crippen molar-refractivity contribution in [3.05, 3.63) is 54.6 Å².